The van der Waals surface area contributed by atoms with Crippen LogP contribution in [0.1, 0.15) is 27.2 Å². The molecule has 3 heteroatoms. The Morgan fingerprint density at radius 3 is 2.33 bits per heavy atom. The molecule has 0 aromatic rings. The summed E-state index contributed by atoms with van der Waals surface area (Å²) in [6.45, 7) is 7.44. The van der Waals surface area contributed by atoms with E-state index in [2.05, 4.69) is 26.1 Å². The third kappa shape index (κ3) is 4.88. The van der Waals surface area contributed by atoms with Crippen LogP contribution in [0, 0.1) is 5.92 Å². The molecule has 12 heavy (non-hydrogen) atoms. The smallest absolute Gasteiger partial charge is 0.0388 e. The molecule has 0 aromatic heterocycles. The maximum Gasteiger partial charge on any atom is 0.0388 e. The Hall–Kier alpha value is 0.110. The highest BCUT2D eigenvalue weighted by molar-refractivity contribution is 7.84. The normalized spacial score (nSPS) is 18.7. The van der Waals surface area contributed by atoms with Gasteiger partial charge in [-0.2, -0.15) is 0 Å². The summed E-state index contributed by atoms with van der Waals surface area (Å²) in [6, 6.07) is 0.422. The minimum absolute atomic E-state index is 0.422. The van der Waals surface area contributed by atoms with Crippen molar-refractivity contribution in [1.29, 1.82) is 0 Å². The lowest BCUT2D eigenvalue weighted by atomic mass is 10.0. The standard InChI is InChI=1S/C9H21NOS/c1-5-8(3)9(10-6-2)7-12(4)11/h8-10H,5-7H2,1-4H3. The van der Waals surface area contributed by atoms with E-state index < -0.39 is 10.8 Å². The van der Waals surface area contributed by atoms with Crippen LogP contribution in [0.4, 0.5) is 0 Å². The lowest BCUT2D eigenvalue weighted by molar-refractivity contribution is 0.402. The predicted molar refractivity (Wildman–Crippen MR) is 55.9 cm³/mol. The van der Waals surface area contributed by atoms with E-state index >= 15 is 0 Å². The maximum atomic E-state index is 11.0. The van der Waals surface area contributed by atoms with Gasteiger partial charge in [-0.15, -0.1) is 0 Å². The second-order valence-corrected chi connectivity index (χ2v) is 4.77. The number of hydrogen-bond acceptors (Lipinski definition) is 2. The molecule has 3 atom stereocenters. The van der Waals surface area contributed by atoms with Crippen molar-refractivity contribution in [2.75, 3.05) is 18.6 Å². The molecule has 0 aliphatic carbocycles. The Kier molecular flexibility index (Phi) is 6.67. The largest absolute Gasteiger partial charge is 0.313 e. The third-order valence-electron chi connectivity index (χ3n) is 2.21. The van der Waals surface area contributed by atoms with Crippen molar-refractivity contribution in [1.82, 2.24) is 5.32 Å². The van der Waals surface area contributed by atoms with E-state index in [1.54, 1.807) is 6.26 Å². The molecule has 0 aromatic carbocycles. The van der Waals surface area contributed by atoms with Gasteiger partial charge in [-0.05, 0) is 12.5 Å². The first-order valence-corrected chi connectivity index (χ1v) is 6.37. The monoisotopic (exact) mass is 191 g/mol. The van der Waals surface area contributed by atoms with Crippen molar-refractivity contribution >= 4 is 10.8 Å². The van der Waals surface area contributed by atoms with Crippen LogP contribution in [0.15, 0.2) is 0 Å². The topological polar surface area (TPSA) is 29.1 Å². The maximum absolute atomic E-state index is 11.0. The van der Waals surface area contributed by atoms with Gasteiger partial charge in [-0.3, -0.25) is 4.21 Å². The molecule has 0 rings (SSSR count). The lowest BCUT2D eigenvalue weighted by Crippen LogP contribution is -2.39. The molecule has 1 N–H and O–H groups in total. The van der Waals surface area contributed by atoms with Crippen molar-refractivity contribution in [2.24, 2.45) is 5.92 Å². The summed E-state index contributed by atoms with van der Waals surface area (Å²) in [6.07, 6.45) is 2.92. The summed E-state index contributed by atoms with van der Waals surface area (Å²) in [7, 11) is -0.682. The van der Waals surface area contributed by atoms with Crippen LogP contribution in [0.25, 0.3) is 0 Å². The van der Waals surface area contributed by atoms with E-state index in [1.807, 2.05) is 0 Å². The van der Waals surface area contributed by atoms with E-state index in [0.717, 1.165) is 18.7 Å². The summed E-state index contributed by atoms with van der Waals surface area (Å²) in [4.78, 5) is 0. The van der Waals surface area contributed by atoms with Gasteiger partial charge in [0.1, 0.15) is 0 Å². The fourth-order valence-corrected chi connectivity index (χ4v) is 2.18. The van der Waals surface area contributed by atoms with E-state index in [0.29, 0.717) is 12.0 Å². The highest BCUT2D eigenvalue weighted by Gasteiger charge is 2.15. The van der Waals surface area contributed by atoms with Gasteiger partial charge in [0.2, 0.25) is 0 Å². The van der Waals surface area contributed by atoms with E-state index in [1.165, 1.54) is 0 Å². The van der Waals surface area contributed by atoms with Crippen LogP contribution in [-0.2, 0) is 10.8 Å². The molecule has 0 bridgehead atoms. The molecule has 2 nitrogen and oxygen atoms in total. The van der Waals surface area contributed by atoms with Gasteiger partial charge in [0, 0.05) is 28.9 Å². The summed E-state index contributed by atoms with van der Waals surface area (Å²) >= 11 is 0. The third-order valence-corrected chi connectivity index (χ3v) is 3.04. The van der Waals surface area contributed by atoms with Crippen molar-refractivity contribution < 1.29 is 4.21 Å². The Labute approximate surface area is 78.6 Å². The van der Waals surface area contributed by atoms with Crippen molar-refractivity contribution in [2.45, 2.75) is 33.2 Å². The Balaban J connectivity index is 3.93. The van der Waals surface area contributed by atoms with Crippen LogP contribution in [-0.4, -0.2) is 28.8 Å². The van der Waals surface area contributed by atoms with Crippen LogP contribution in [0.3, 0.4) is 0 Å². The summed E-state index contributed by atoms with van der Waals surface area (Å²) in [5, 5.41) is 3.37. The molecule has 0 saturated heterocycles. The first-order valence-electron chi connectivity index (χ1n) is 4.65. The fourth-order valence-electron chi connectivity index (χ4n) is 1.22. The molecular weight excluding hydrogens is 170 g/mol. The molecule has 0 radical (unpaired) electrons. The van der Waals surface area contributed by atoms with Crippen molar-refractivity contribution in [3.05, 3.63) is 0 Å². The van der Waals surface area contributed by atoms with Crippen LogP contribution in [0.5, 0.6) is 0 Å². The van der Waals surface area contributed by atoms with Gasteiger partial charge >= 0.3 is 0 Å². The number of nitrogens with one attached hydrogen (secondary N) is 1. The molecule has 74 valence electrons. The average molecular weight is 191 g/mol. The van der Waals surface area contributed by atoms with Crippen molar-refractivity contribution in [3.63, 3.8) is 0 Å². The molecule has 0 fully saturated rings. The first kappa shape index (κ1) is 12.1. The minimum atomic E-state index is -0.682. The van der Waals surface area contributed by atoms with Gasteiger partial charge in [-0.25, -0.2) is 0 Å². The zero-order chi connectivity index (χ0) is 9.56. The van der Waals surface area contributed by atoms with E-state index in [4.69, 9.17) is 0 Å². The minimum Gasteiger partial charge on any atom is -0.313 e. The van der Waals surface area contributed by atoms with Gasteiger partial charge in [0.15, 0.2) is 0 Å². The van der Waals surface area contributed by atoms with Crippen molar-refractivity contribution in [3.8, 4) is 0 Å². The Bertz CT molecular complexity index is 138. The van der Waals surface area contributed by atoms with Crippen LogP contribution >= 0.6 is 0 Å². The zero-order valence-electron chi connectivity index (χ0n) is 8.59. The quantitative estimate of drug-likeness (QED) is 0.687. The Morgan fingerprint density at radius 2 is 2.00 bits per heavy atom. The lowest BCUT2D eigenvalue weighted by Gasteiger charge is -2.22. The molecule has 0 aliphatic rings. The zero-order valence-corrected chi connectivity index (χ0v) is 9.41. The molecule has 3 unspecified atom stereocenters. The van der Waals surface area contributed by atoms with E-state index in [-0.39, 0.29) is 0 Å². The van der Waals surface area contributed by atoms with Crippen LogP contribution in [0.2, 0.25) is 0 Å². The van der Waals surface area contributed by atoms with E-state index in [9.17, 15) is 4.21 Å². The van der Waals surface area contributed by atoms with Crippen LogP contribution < -0.4 is 5.32 Å². The molecule has 0 spiro atoms. The molecule has 0 aliphatic heterocycles. The van der Waals surface area contributed by atoms with Gasteiger partial charge in [0.05, 0.1) is 0 Å². The summed E-state index contributed by atoms with van der Waals surface area (Å²) in [5.74, 6) is 1.40. The first-order chi connectivity index (χ1) is 5.61. The SMILES string of the molecule is CCNC(CS(C)=O)C(C)CC. The Morgan fingerprint density at radius 1 is 1.42 bits per heavy atom. The molecule has 0 heterocycles. The number of hydrogen-bond donors (Lipinski definition) is 1. The second kappa shape index (κ2) is 6.61. The molecule has 0 amide bonds. The summed E-state index contributed by atoms with van der Waals surface area (Å²) < 4.78 is 11.0. The highest BCUT2D eigenvalue weighted by atomic mass is 32.2. The number of rotatable bonds is 6. The fraction of sp³-hybridized carbons (Fsp3) is 1.00. The van der Waals surface area contributed by atoms with Gasteiger partial charge in [-0.1, -0.05) is 27.2 Å². The second-order valence-electron chi connectivity index (χ2n) is 3.29. The van der Waals surface area contributed by atoms with Gasteiger partial charge < -0.3 is 5.32 Å². The van der Waals surface area contributed by atoms with Gasteiger partial charge in [0.25, 0.3) is 0 Å². The molecule has 0 saturated carbocycles. The average Bonchev–Trinajstić information content (AvgIpc) is 2.01. The predicted octanol–water partition coefficient (Wildman–Crippen LogP) is 1.39. The summed E-state index contributed by atoms with van der Waals surface area (Å²) in [5.41, 5.74) is 0. The highest BCUT2D eigenvalue weighted by Crippen LogP contribution is 2.08. The molecular formula is C9H21NOS.